The number of Topliss-reactive ketones (excluding diaryl/α,β-unsaturated/α-hetero) is 1. The van der Waals surface area contributed by atoms with Crippen LogP contribution in [0.25, 0.3) is 0 Å². The number of nitrogens with one attached hydrogen (secondary N) is 1. The van der Waals surface area contributed by atoms with Crippen LogP contribution in [0.4, 0.5) is 0 Å². The van der Waals surface area contributed by atoms with Crippen LogP contribution in [0.5, 0.6) is 0 Å². The van der Waals surface area contributed by atoms with Crippen molar-refractivity contribution in [3.8, 4) is 0 Å². The lowest BCUT2D eigenvalue weighted by Crippen LogP contribution is -2.34. The lowest BCUT2D eigenvalue weighted by Gasteiger charge is -2.21. The molecule has 0 radical (unpaired) electrons. The minimum absolute atomic E-state index is 0.347. The fourth-order valence-corrected chi connectivity index (χ4v) is 1.90. The van der Waals surface area contributed by atoms with Crippen molar-refractivity contribution in [2.45, 2.75) is 32.1 Å². The minimum atomic E-state index is 0.347. The molecule has 2 fully saturated rings. The Labute approximate surface area is 73.7 Å². The van der Waals surface area contributed by atoms with Gasteiger partial charge in [-0.25, -0.2) is 0 Å². The van der Waals surface area contributed by atoms with Crippen LogP contribution >= 0.6 is 0 Å². The van der Waals surface area contributed by atoms with E-state index in [9.17, 15) is 4.79 Å². The van der Waals surface area contributed by atoms with Gasteiger partial charge >= 0.3 is 0 Å². The molecule has 1 aliphatic carbocycles. The molecule has 0 amide bonds. The summed E-state index contributed by atoms with van der Waals surface area (Å²) in [6, 6.07) is 0. The maximum absolute atomic E-state index is 11.6. The number of hydrogen-bond donors (Lipinski definition) is 1. The van der Waals surface area contributed by atoms with Crippen LogP contribution in [-0.2, 0) is 4.79 Å². The lowest BCUT2D eigenvalue weighted by atomic mass is 9.92. The SMILES string of the molecule is O=C(CC1CC1)[C@@H]1CCCNC1. The highest BCUT2D eigenvalue weighted by molar-refractivity contribution is 5.81. The second-order valence-corrected chi connectivity index (χ2v) is 4.16. The van der Waals surface area contributed by atoms with Gasteiger partial charge in [-0.1, -0.05) is 0 Å². The molecule has 2 rings (SSSR count). The van der Waals surface area contributed by atoms with Crippen molar-refractivity contribution in [2.24, 2.45) is 11.8 Å². The van der Waals surface area contributed by atoms with Gasteiger partial charge in [0.05, 0.1) is 0 Å². The van der Waals surface area contributed by atoms with Gasteiger partial charge in [0.2, 0.25) is 0 Å². The molecule has 1 atom stereocenters. The highest BCUT2D eigenvalue weighted by Crippen LogP contribution is 2.34. The molecule has 0 aromatic heterocycles. The van der Waals surface area contributed by atoms with Crippen molar-refractivity contribution in [3.63, 3.8) is 0 Å². The normalized spacial score (nSPS) is 30.2. The summed E-state index contributed by atoms with van der Waals surface area (Å²) in [5, 5.41) is 3.29. The Hall–Kier alpha value is -0.370. The summed E-state index contributed by atoms with van der Waals surface area (Å²) in [6.45, 7) is 2.04. The zero-order valence-corrected chi connectivity index (χ0v) is 7.51. The van der Waals surface area contributed by atoms with Crippen molar-refractivity contribution >= 4 is 5.78 Å². The van der Waals surface area contributed by atoms with Crippen LogP contribution in [0.2, 0.25) is 0 Å². The fourth-order valence-electron chi connectivity index (χ4n) is 1.90. The van der Waals surface area contributed by atoms with Gasteiger partial charge in [0.1, 0.15) is 5.78 Å². The molecule has 0 aromatic carbocycles. The molecule has 1 N–H and O–H groups in total. The van der Waals surface area contributed by atoms with Gasteiger partial charge in [-0.15, -0.1) is 0 Å². The van der Waals surface area contributed by atoms with E-state index in [1.54, 1.807) is 0 Å². The maximum atomic E-state index is 11.6. The van der Waals surface area contributed by atoms with Crippen LogP contribution in [0.15, 0.2) is 0 Å². The predicted molar refractivity (Wildman–Crippen MR) is 47.9 cm³/mol. The third kappa shape index (κ3) is 2.07. The zero-order chi connectivity index (χ0) is 8.39. The van der Waals surface area contributed by atoms with Crippen molar-refractivity contribution in [1.82, 2.24) is 5.32 Å². The molecule has 2 heteroatoms. The summed E-state index contributed by atoms with van der Waals surface area (Å²) >= 11 is 0. The molecular weight excluding hydrogens is 150 g/mol. The lowest BCUT2D eigenvalue weighted by molar-refractivity contribution is -0.123. The third-order valence-electron chi connectivity index (χ3n) is 2.94. The van der Waals surface area contributed by atoms with E-state index >= 15 is 0 Å². The molecule has 12 heavy (non-hydrogen) atoms. The summed E-state index contributed by atoms with van der Waals surface area (Å²) in [7, 11) is 0. The van der Waals surface area contributed by atoms with Crippen LogP contribution < -0.4 is 5.32 Å². The molecular formula is C10H17NO. The molecule has 2 aliphatic rings. The first-order valence-electron chi connectivity index (χ1n) is 5.09. The maximum Gasteiger partial charge on any atom is 0.137 e. The average Bonchev–Trinajstić information content (AvgIpc) is 2.90. The van der Waals surface area contributed by atoms with Crippen LogP contribution in [-0.4, -0.2) is 18.9 Å². The van der Waals surface area contributed by atoms with Crippen molar-refractivity contribution in [3.05, 3.63) is 0 Å². The summed E-state index contributed by atoms with van der Waals surface area (Å²) < 4.78 is 0. The second-order valence-electron chi connectivity index (χ2n) is 4.16. The highest BCUT2D eigenvalue weighted by Gasteiger charge is 2.28. The summed E-state index contributed by atoms with van der Waals surface area (Å²) in [6.07, 6.45) is 5.77. The fraction of sp³-hybridized carbons (Fsp3) is 0.900. The molecule has 0 aromatic rings. The molecule has 0 spiro atoms. The second kappa shape index (κ2) is 3.56. The number of hydrogen-bond acceptors (Lipinski definition) is 2. The smallest absolute Gasteiger partial charge is 0.137 e. The van der Waals surface area contributed by atoms with E-state index in [0.29, 0.717) is 11.7 Å². The number of piperidine rings is 1. The molecule has 2 nitrogen and oxygen atoms in total. The molecule has 68 valence electrons. The van der Waals surface area contributed by atoms with E-state index in [1.807, 2.05) is 0 Å². The first-order chi connectivity index (χ1) is 5.86. The Morgan fingerprint density at radius 3 is 2.75 bits per heavy atom. The Kier molecular flexibility index (Phi) is 2.45. The first-order valence-corrected chi connectivity index (χ1v) is 5.09. The third-order valence-corrected chi connectivity index (χ3v) is 2.94. The van der Waals surface area contributed by atoms with Gasteiger partial charge in [-0.05, 0) is 38.1 Å². The quantitative estimate of drug-likeness (QED) is 0.687. The topological polar surface area (TPSA) is 29.1 Å². The Bertz CT molecular complexity index is 169. The van der Waals surface area contributed by atoms with Gasteiger partial charge in [0, 0.05) is 18.9 Å². The van der Waals surface area contributed by atoms with E-state index < -0.39 is 0 Å². The first kappa shape index (κ1) is 8.24. The summed E-state index contributed by atoms with van der Waals surface area (Å²) in [4.78, 5) is 11.6. The standard InChI is InChI=1S/C10H17NO/c12-10(6-8-3-4-8)9-2-1-5-11-7-9/h8-9,11H,1-7H2/t9-/m1/s1. The molecule has 0 bridgehead atoms. The Morgan fingerprint density at radius 2 is 2.17 bits per heavy atom. The van der Waals surface area contributed by atoms with Crippen molar-refractivity contribution < 1.29 is 4.79 Å². The Morgan fingerprint density at radius 1 is 1.33 bits per heavy atom. The monoisotopic (exact) mass is 167 g/mol. The van der Waals surface area contributed by atoms with Crippen LogP contribution in [0, 0.1) is 11.8 Å². The molecule has 1 heterocycles. The number of ketones is 1. The summed E-state index contributed by atoms with van der Waals surface area (Å²) in [5.41, 5.74) is 0. The van der Waals surface area contributed by atoms with Gasteiger partial charge in [0.25, 0.3) is 0 Å². The van der Waals surface area contributed by atoms with Crippen LogP contribution in [0.3, 0.4) is 0 Å². The average molecular weight is 167 g/mol. The largest absolute Gasteiger partial charge is 0.316 e. The van der Waals surface area contributed by atoms with Crippen molar-refractivity contribution in [2.75, 3.05) is 13.1 Å². The van der Waals surface area contributed by atoms with E-state index in [4.69, 9.17) is 0 Å². The Balaban J connectivity index is 1.76. The van der Waals surface area contributed by atoms with Gasteiger partial charge in [0.15, 0.2) is 0 Å². The summed E-state index contributed by atoms with van der Waals surface area (Å²) in [5.74, 6) is 1.63. The van der Waals surface area contributed by atoms with E-state index in [2.05, 4.69) is 5.32 Å². The van der Waals surface area contributed by atoms with Crippen LogP contribution in [0.1, 0.15) is 32.1 Å². The number of rotatable bonds is 3. The highest BCUT2D eigenvalue weighted by atomic mass is 16.1. The van der Waals surface area contributed by atoms with E-state index in [1.165, 1.54) is 19.3 Å². The van der Waals surface area contributed by atoms with Crippen molar-refractivity contribution in [1.29, 1.82) is 0 Å². The van der Waals surface area contributed by atoms with E-state index in [-0.39, 0.29) is 0 Å². The van der Waals surface area contributed by atoms with Gasteiger partial charge in [-0.3, -0.25) is 4.79 Å². The molecule has 1 saturated carbocycles. The molecule has 1 aliphatic heterocycles. The van der Waals surface area contributed by atoms with E-state index in [0.717, 1.165) is 31.8 Å². The number of carbonyl (C=O) groups is 1. The number of carbonyl (C=O) groups excluding carboxylic acids is 1. The van der Waals surface area contributed by atoms with Gasteiger partial charge < -0.3 is 5.32 Å². The van der Waals surface area contributed by atoms with Gasteiger partial charge in [-0.2, -0.15) is 0 Å². The predicted octanol–water partition coefficient (Wildman–Crippen LogP) is 1.36. The minimum Gasteiger partial charge on any atom is -0.316 e. The zero-order valence-electron chi connectivity index (χ0n) is 7.51. The molecule has 0 unspecified atom stereocenters. The molecule has 1 saturated heterocycles.